The number of hydrogen-bond acceptors (Lipinski definition) is 3. The molecule has 2 aromatic carbocycles. The molecule has 4 nitrogen and oxygen atoms in total. The van der Waals surface area contributed by atoms with Crippen LogP contribution in [0.3, 0.4) is 0 Å². The van der Waals surface area contributed by atoms with Gasteiger partial charge in [-0.25, -0.2) is 0 Å². The van der Waals surface area contributed by atoms with Gasteiger partial charge in [0.1, 0.15) is 31.4 Å². The number of rotatable bonds is 22. The van der Waals surface area contributed by atoms with E-state index < -0.39 is 0 Å². The van der Waals surface area contributed by atoms with Crippen LogP contribution in [0.1, 0.15) is 102 Å². The van der Waals surface area contributed by atoms with Gasteiger partial charge in [-0.1, -0.05) is 120 Å². The number of hydrogen-bond donors (Lipinski definition) is 0. The number of ether oxygens (including phenoxy) is 2. The van der Waals surface area contributed by atoms with Gasteiger partial charge in [0.15, 0.2) is 0 Å². The Kier molecular flexibility index (Phi) is 16.6. The van der Waals surface area contributed by atoms with Gasteiger partial charge in [-0.15, -0.1) is 0 Å². The lowest BCUT2D eigenvalue weighted by atomic mass is 10.0. The zero-order chi connectivity index (χ0) is 28.2. The lowest BCUT2D eigenvalue weighted by Gasteiger charge is -2.31. The minimum absolute atomic E-state index is 0.154. The summed E-state index contributed by atoms with van der Waals surface area (Å²) in [5.74, 6) is 0.539. The molecule has 0 fully saturated rings. The van der Waals surface area contributed by atoms with Crippen molar-refractivity contribution in [1.29, 1.82) is 0 Å². The summed E-state index contributed by atoms with van der Waals surface area (Å²) in [6.45, 7) is 6.50. The molecule has 0 aliphatic heterocycles. The van der Waals surface area contributed by atoms with Crippen molar-refractivity contribution in [2.75, 3.05) is 33.9 Å². The van der Waals surface area contributed by atoms with E-state index in [1.165, 1.54) is 88.2 Å². The van der Waals surface area contributed by atoms with Gasteiger partial charge in [-0.3, -0.25) is 4.79 Å². The van der Waals surface area contributed by atoms with E-state index in [2.05, 4.69) is 63.5 Å². The fraction of sp³-hybridized carbons (Fsp3) is 0.629. The topological polar surface area (TPSA) is 35.5 Å². The number of benzene rings is 2. The summed E-state index contributed by atoms with van der Waals surface area (Å²) in [6, 6.07) is 18.8. The van der Waals surface area contributed by atoms with Crippen LogP contribution in [0.15, 0.2) is 54.6 Å². The molecule has 4 heteroatoms. The van der Waals surface area contributed by atoms with E-state index in [-0.39, 0.29) is 18.5 Å². The van der Waals surface area contributed by atoms with Crippen LogP contribution < -0.4 is 4.74 Å². The zero-order valence-corrected chi connectivity index (χ0v) is 25.5. The first kappa shape index (κ1) is 32.9. The molecule has 218 valence electrons. The lowest BCUT2D eigenvalue weighted by Crippen LogP contribution is -2.44. The van der Waals surface area contributed by atoms with Crippen LogP contribution in [0.25, 0.3) is 0 Å². The SMILES string of the molecule is CCCCCCCCCCCCCCc1cccc(OCCOC(=O)C(C)C[N+](C)(C)Cc2ccccc2)c1. The molecular formula is C35H56NO3+. The highest BCUT2D eigenvalue weighted by Gasteiger charge is 2.25. The standard InChI is InChI=1S/C35H56NO3/c1-5-6-7-8-9-10-11-12-13-14-15-17-21-32-24-20-25-34(28-32)38-26-27-39-35(37)31(2)29-36(3,4)30-33-22-18-16-19-23-33/h16,18-20,22-25,28,31H,5-15,17,21,26-27,29-30H2,1-4H3/q+1. The van der Waals surface area contributed by atoms with Gasteiger partial charge in [-0.05, 0) is 37.5 Å². The molecular weight excluding hydrogens is 482 g/mol. The van der Waals surface area contributed by atoms with Crippen LogP contribution in [-0.4, -0.2) is 44.3 Å². The number of quaternary nitrogens is 1. The molecule has 0 N–H and O–H groups in total. The quantitative estimate of drug-likeness (QED) is 0.0854. The third-order valence-electron chi connectivity index (χ3n) is 7.44. The van der Waals surface area contributed by atoms with E-state index in [1.54, 1.807) is 0 Å². The van der Waals surface area contributed by atoms with Crippen LogP contribution >= 0.6 is 0 Å². The van der Waals surface area contributed by atoms with E-state index in [1.807, 2.05) is 19.1 Å². The predicted molar refractivity (Wildman–Crippen MR) is 164 cm³/mol. The maximum absolute atomic E-state index is 12.5. The highest BCUT2D eigenvalue weighted by atomic mass is 16.6. The Morgan fingerprint density at radius 3 is 1.97 bits per heavy atom. The molecule has 0 aliphatic carbocycles. The summed E-state index contributed by atoms with van der Waals surface area (Å²) in [5, 5.41) is 0. The van der Waals surface area contributed by atoms with Crippen LogP contribution in [0.4, 0.5) is 0 Å². The third-order valence-corrected chi connectivity index (χ3v) is 7.44. The number of esters is 1. The second-order valence-corrected chi connectivity index (χ2v) is 12.0. The molecule has 1 unspecified atom stereocenters. The monoisotopic (exact) mass is 538 g/mol. The van der Waals surface area contributed by atoms with Crippen LogP contribution in [0, 0.1) is 5.92 Å². The summed E-state index contributed by atoms with van der Waals surface area (Å²) in [4.78, 5) is 12.5. The summed E-state index contributed by atoms with van der Waals surface area (Å²) >= 11 is 0. The number of aryl methyl sites for hydroxylation is 1. The molecule has 0 bridgehead atoms. The molecule has 0 saturated carbocycles. The highest BCUT2D eigenvalue weighted by molar-refractivity contribution is 5.72. The van der Waals surface area contributed by atoms with Gasteiger partial charge in [-0.2, -0.15) is 0 Å². The van der Waals surface area contributed by atoms with Crippen molar-refractivity contribution in [3.8, 4) is 5.75 Å². The summed E-state index contributed by atoms with van der Waals surface area (Å²) < 4.78 is 12.2. The van der Waals surface area contributed by atoms with Gasteiger partial charge in [0, 0.05) is 5.56 Å². The molecule has 0 heterocycles. The Hall–Kier alpha value is -2.33. The molecule has 1 atom stereocenters. The molecule has 39 heavy (non-hydrogen) atoms. The van der Waals surface area contributed by atoms with E-state index in [0.717, 1.165) is 29.7 Å². The Balaban J connectivity index is 1.54. The maximum atomic E-state index is 12.5. The first-order valence-electron chi connectivity index (χ1n) is 15.6. The van der Waals surface area contributed by atoms with Gasteiger partial charge in [0.25, 0.3) is 0 Å². The van der Waals surface area contributed by atoms with Gasteiger partial charge in [0.05, 0.1) is 20.6 Å². The second kappa shape index (κ2) is 19.7. The van der Waals surface area contributed by atoms with Gasteiger partial charge < -0.3 is 14.0 Å². The van der Waals surface area contributed by atoms with Crippen molar-refractivity contribution in [1.82, 2.24) is 0 Å². The van der Waals surface area contributed by atoms with Crippen LogP contribution in [0.2, 0.25) is 0 Å². The average Bonchev–Trinajstić information content (AvgIpc) is 2.92. The third kappa shape index (κ3) is 15.8. The first-order chi connectivity index (χ1) is 18.9. The Labute approximate surface area is 239 Å². The second-order valence-electron chi connectivity index (χ2n) is 12.0. The van der Waals surface area contributed by atoms with Gasteiger partial charge >= 0.3 is 5.97 Å². The van der Waals surface area contributed by atoms with E-state index in [9.17, 15) is 4.79 Å². The van der Waals surface area contributed by atoms with Crippen molar-refractivity contribution < 1.29 is 18.8 Å². The predicted octanol–water partition coefficient (Wildman–Crippen LogP) is 8.76. The Morgan fingerprint density at radius 1 is 0.744 bits per heavy atom. The number of carbonyl (C=O) groups is 1. The molecule has 2 rings (SSSR count). The van der Waals surface area contributed by atoms with Crippen molar-refractivity contribution >= 4 is 5.97 Å². The lowest BCUT2D eigenvalue weighted by molar-refractivity contribution is -0.905. The Morgan fingerprint density at radius 2 is 1.33 bits per heavy atom. The molecule has 0 spiro atoms. The molecule has 0 aromatic heterocycles. The normalized spacial score (nSPS) is 12.3. The summed E-state index contributed by atoms with van der Waals surface area (Å²) in [5.41, 5.74) is 2.60. The van der Waals surface area contributed by atoms with Crippen molar-refractivity contribution in [3.05, 3.63) is 65.7 Å². The summed E-state index contributed by atoms with van der Waals surface area (Å²) in [6.07, 6.45) is 17.6. The summed E-state index contributed by atoms with van der Waals surface area (Å²) in [7, 11) is 4.31. The molecule has 0 saturated heterocycles. The van der Waals surface area contributed by atoms with Crippen LogP contribution in [-0.2, 0) is 22.5 Å². The molecule has 0 aliphatic rings. The fourth-order valence-corrected chi connectivity index (χ4v) is 5.36. The minimum Gasteiger partial charge on any atom is -0.490 e. The molecule has 2 aromatic rings. The van der Waals surface area contributed by atoms with Gasteiger partial charge in [0.2, 0.25) is 0 Å². The van der Waals surface area contributed by atoms with Crippen molar-refractivity contribution in [2.24, 2.45) is 5.92 Å². The average molecular weight is 539 g/mol. The molecule has 0 amide bonds. The maximum Gasteiger partial charge on any atom is 0.314 e. The van der Waals surface area contributed by atoms with Crippen molar-refractivity contribution in [3.63, 3.8) is 0 Å². The van der Waals surface area contributed by atoms with E-state index >= 15 is 0 Å². The number of nitrogens with zero attached hydrogens (tertiary/aromatic N) is 1. The fourth-order valence-electron chi connectivity index (χ4n) is 5.36. The van der Waals surface area contributed by atoms with E-state index in [0.29, 0.717) is 6.61 Å². The highest BCUT2D eigenvalue weighted by Crippen LogP contribution is 2.18. The van der Waals surface area contributed by atoms with Crippen molar-refractivity contribution in [2.45, 2.75) is 104 Å². The minimum atomic E-state index is -0.164. The largest absolute Gasteiger partial charge is 0.490 e. The zero-order valence-electron chi connectivity index (χ0n) is 25.5. The van der Waals surface area contributed by atoms with E-state index in [4.69, 9.17) is 9.47 Å². The smallest absolute Gasteiger partial charge is 0.314 e. The number of carbonyl (C=O) groups excluding carboxylic acids is 1. The van der Waals surface area contributed by atoms with Crippen LogP contribution in [0.5, 0.6) is 5.75 Å². The first-order valence-corrected chi connectivity index (χ1v) is 15.6. The Bertz CT molecular complexity index is 896. The number of unbranched alkanes of at least 4 members (excludes halogenated alkanes) is 11. The molecule has 0 radical (unpaired) electrons.